The lowest BCUT2D eigenvalue weighted by atomic mass is 10.0. The summed E-state index contributed by atoms with van der Waals surface area (Å²) in [6.07, 6.45) is 4.73. The van der Waals surface area contributed by atoms with Crippen molar-refractivity contribution in [3.63, 3.8) is 0 Å². The van der Waals surface area contributed by atoms with Gasteiger partial charge < -0.3 is 9.64 Å². The Labute approximate surface area is 172 Å². The van der Waals surface area contributed by atoms with E-state index in [2.05, 4.69) is 11.1 Å². The molecule has 1 saturated heterocycles. The zero-order valence-corrected chi connectivity index (χ0v) is 17.1. The topological polar surface area (TPSA) is 66.2 Å². The van der Waals surface area contributed by atoms with E-state index in [1.807, 2.05) is 49.1 Å². The molecule has 1 aliphatic heterocycles. The van der Waals surface area contributed by atoms with E-state index in [9.17, 15) is 10.1 Å². The predicted octanol–water partition coefficient (Wildman–Crippen LogP) is 4.27. The normalized spacial score (nSPS) is 18.4. The molecular formula is C24H27N3O2. The highest BCUT2D eigenvalue weighted by atomic mass is 16.5. The first-order chi connectivity index (χ1) is 14.0. The first kappa shape index (κ1) is 19.6. The quantitative estimate of drug-likeness (QED) is 0.740. The molecule has 1 aromatic carbocycles. The van der Waals surface area contributed by atoms with Crippen LogP contribution < -0.4 is 0 Å². The lowest BCUT2D eigenvalue weighted by molar-refractivity contribution is 0.0515. The molecule has 5 heteroatoms. The van der Waals surface area contributed by atoms with Gasteiger partial charge in [-0.1, -0.05) is 12.1 Å². The number of carbonyl (C=O) groups is 1. The number of amides is 1. The summed E-state index contributed by atoms with van der Waals surface area (Å²) in [6, 6.07) is 11.8. The van der Waals surface area contributed by atoms with Crippen molar-refractivity contribution in [1.82, 2.24) is 9.88 Å². The van der Waals surface area contributed by atoms with Crippen molar-refractivity contribution >= 4 is 5.91 Å². The van der Waals surface area contributed by atoms with Crippen molar-refractivity contribution in [2.45, 2.75) is 45.6 Å². The highest BCUT2D eigenvalue weighted by Crippen LogP contribution is 2.31. The van der Waals surface area contributed by atoms with Gasteiger partial charge in [-0.05, 0) is 69.2 Å². The van der Waals surface area contributed by atoms with Gasteiger partial charge in [-0.2, -0.15) is 5.26 Å². The average molecular weight is 389 g/mol. The fraction of sp³-hybridized carbons (Fsp3) is 0.458. The Balaban J connectivity index is 1.52. The summed E-state index contributed by atoms with van der Waals surface area (Å²) in [6.45, 7) is 6.10. The Kier molecular flexibility index (Phi) is 5.64. The monoisotopic (exact) mass is 389 g/mol. The molecule has 0 bridgehead atoms. The number of aryl methyl sites for hydroxylation is 2. The van der Waals surface area contributed by atoms with Crippen molar-refractivity contribution in [3.05, 3.63) is 52.7 Å². The van der Waals surface area contributed by atoms with Crippen molar-refractivity contribution in [2.75, 3.05) is 19.7 Å². The Morgan fingerprint density at radius 2 is 1.97 bits per heavy atom. The fourth-order valence-electron chi connectivity index (χ4n) is 4.00. The van der Waals surface area contributed by atoms with Crippen molar-refractivity contribution in [1.29, 1.82) is 5.26 Å². The SMILES string of the molecule is Cc1cc(-c2ccc(C(=O)N(CC3CC3)C[C@H]3CCCO3)cc2)nc(C)c1C#N. The number of benzene rings is 1. The minimum atomic E-state index is 0.0825. The van der Waals surface area contributed by atoms with E-state index < -0.39 is 0 Å². The zero-order valence-electron chi connectivity index (χ0n) is 17.1. The number of nitrogens with zero attached hydrogens (tertiary/aromatic N) is 3. The minimum absolute atomic E-state index is 0.0825. The van der Waals surface area contributed by atoms with Gasteiger partial charge in [0.1, 0.15) is 6.07 Å². The lowest BCUT2D eigenvalue weighted by Gasteiger charge is -2.25. The molecule has 0 unspecified atom stereocenters. The van der Waals surface area contributed by atoms with Gasteiger partial charge in [0, 0.05) is 30.8 Å². The molecule has 0 spiro atoms. The molecule has 1 aliphatic carbocycles. The molecule has 1 atom stereocenters. The summed E-state index contributed by atoms with van der Waals surface area (Å²) in [7, 11) is 0. The second kappa shape index (κ2) is 8.34. The predicted molar refractivity (Wildman–Crippen MR) is 111 cm³/mol. The Hall–Kier alpha value is -2.71. The molecule has 1 saturated carbocycles. The van der Waals surface area contributed by atoms with Gasteiger partial charge in [0.05, 0.1) is 23.1 Å². The second-order valence-electron chi connectivity index (χ2n) is 8.26. The number of pyridine rings is 1. The van der Waals surface area contributed by atoms with E-state index in [-0.39, 0.29) is 12.0 Å². The van der Waals surface area contributed by atoms with E-state index >= 15 is 0 Å². The Morgan fingerprint density at radius 1 is 1.21 bits per heavy atom. The molecule has 2 aromatic rings. The third-order valence-electron chi connectivity index (χ3n) is 5.85. The van der Waals surface area contributed by atoms with Crippen LogP contribution in [0.5, 0.6) is 0 Å². The highest BCUT2D eigenvalue weighted by Gasteiger charge is 2.30. The summed E-state index contributed by atoms with van der Waals surface area (Å²) < 4.78 is 5.76. The van der Waals surface area contributed by atoms with Crippen LogP contribution in [-0.2, 0) is 4.74 Å². The number of hydrogen-bond acceptors (Lipinski definition) is 4. The number of carbonyl (C=O) groups excluding carboxylic acids is 1. The number of ether oxygens (including phenoxy) is 1. The highest BCUT2D eigenvalue weighted by molar-refractivity contribution is 5.94. The van der Waals surface area contributed by atoms with Crippen LogP contribution in [0, 0.1) is 31.1 Å². The number of aromatic nitrogens is 1. The maximum Gasteiger partial charge on any atom is 0.253 e. The molecule has 29 heavy (non-hydrogen) atoms. The van der Waals surface area contributed by atoms with Crippen LogP contribution in [0.2, 0.25) is 0 Å². The van der Waals surface area contributed by atoms with Crippen LogP contribution >= 0.6 is 0 Å². The fourth-order valence-corrected chi connectivity index (χ4v) is 4.00. The molecular weight excluding hydrogens is 362 g/mol. The number of hydrogen-bond donors (Lipinski definition) is 0. The van der Waals surface area contributed by atoms with E-state index in [1.54, 1.807) is 0 Å². The first-order valence-corrected chi connectivity index (χ1v) is 10.4. The largest absolute Gasteiger partial charge is 0.376 e. The van der Waals surface area contributed by atoms with Gasteiger partial charge in [-0.15, -0.1) is 0 Å². The standard InChI is InChI=1S/C24H27N3O2/c1-16-12-23(26-17(2)22(16)13-25)19-7-9-20(10-8-19)24(28)27(14-18-5-6-18)15-21-4-3-11-29-21/h7-10,12,18,21H,3-6,11,14-15H2,1-2H3/t21-/m1/s1. The van der Waals surface area contributed by atoms with Crippen molar-refractivity contribution in [2.24, 2.45) is 5.92 Å². The summed E-state index contributed by atoms with van der Waals surface area (Å²) in [5, 5.41) is 9.24. The van der Waals surface area contributed by atoms with Gasteiger partial charge in [0.25, 0.3) is 5.91 Å². The number of nitriles is 1. The van der Waals surface area contributed by atoms with Gasteiger partial charge in [-0.25, -0.2) is 0 Å². The molecule has 1 amide bonds. The van der Waals surface area contributed by atoms with Gasteiger partial charge in [0.2, 0.25) is 0 Å². The third-order valence-corrected chi connectivity index (χ3v) is 5.85. The minimum Gasteiger partial charge on any atom is -0.376 e. The molecule has 2 aliphatic rings. The zero-order chi connectivity index (χ0) is 20.4. The summed E-state index contributed by atoms with van der Waals surface area (Å²) >= 11 is 0. The van der Waals surface area contributed by atoms with Crippen LogP contribution in [0.3, 0.4) is 0 Å². The molecule has 0 radical (unpaired) electrons. The Bertz CT molecular complexity index is 913. The molecule has 150 valence electrons. The molecule has 1 aromatic heterocycles. The smallest absolute Gasteiger partial charge is 0.253 e. The second-order valence-corrected chi connectivity index (χ2v) is 8.26. The maximum absolute atomic E-state index is 13.2. The lowest BCUT2D eigenvalue weighted by Crippen LogP contribution is -2.38. The van der Waals surface area contributed by atoms with Gasteiger partial charge in [0.15, 0.2) is 0 Å². The molecule has 2 heterocycles. The molecule has 2 fully saturated rings. The first-order valence-electron chi connectivity index (χ1n) is 10.4. The average Bonchev–Trinajstić information content (AvgIpc) is 3.39. The summed E-state index contributed by atoms with van der Waals surface area (Å²) in [4.78, 5) is 19.7. The molecule has 0 N–H and O–H groups in total. The third kappa shape index (κ3) is 4.49. The van der Waals surface area contributed by atoms with Gasteiger partial charge in [-0.3, -0.25) is 9.78 Å². The maximum atomic E-state index is 13.2. The van der Waals surface area contributed by atoms with Crippen molar-refractivity contribution in [3.8, 4) is 17.3 Å². The molecule has 5 nitrogen and oxygen atoms in total. The van der Waals surface area contributed by atoms with E-state index in [4.69, 9.17) is 4.74 Å². The van der Waals surface area contributed by atoms with Crippen LogP contribution in [0.1, 0.15) is 52.9 Å². The van der Waals surface area contributed by atoms with E-state index in [0.717, 1.165) is 48.5 Å². The summed E-state index contributed by atoms with van der Waals surface area (Å²) in [5.74, 6) is 0.729. The van der Waals surface area contributed by atoms with Gasteiger partial charge >= 0.3 is 0 Å². The Morgan fingerprint density at radius 3 is 2.55 bits per heavy atom. The van der Waals surface area contributed by atoms with Crippen LogP contribution in [-0.4, -0.2) is 41.6 Å². The number of rotatable bonds is 6. The van der Waals surface area contributed by atoms with Crippen LogP contribution in [0.4, 0.5) is 0 Å². The molecule has 4 rings (SSSR count). The van der Waals surface area contributed by atoms with E-state index in [1.165, 1.54) is 12.8 Å². The summed E-state index contributed by atoms with van der Waals surface area (Å²) in [5.41, 5.74) is 4.76. The van der Waals surface area contributed by atoms with Crippen LogP contribution in [0.15, 0.2) is 30.3 Å². The van der Waals surface area contributed by atoms with E-state index in [0.29, 0.717) is 23.6 Å². The van der Waals surface area contributed by atoms with Crippen LogP contribution in [0.25, 0.3) is 11.3 Å². The van der Waals surface area contributed by atoms with Crippen molar-refractivity contribution < 1.29 is 9.53 Å².